The molecule has 0 aliphatic rings. The zero-order chi connectivity index (χ0) is 23.6. The normalized spacial score (nSPS) is 12.5. The summed E-state index contributed by atoms with van der Waals surface area (Å²) in [6.07, 6.45) is 0. The van der Waals surface area contributed by atoms with Gasteiger partial charge < -0.3 is 14.6 Å². The summed E-state index contributed by atoms with van der Waals surface area (Å²) in [6, 6.07) is 23.4. The van der Waals surface area contributed by atoms with E-state index in [1.165, 1.54) is 5.56 Å². The highest BCUT2D eigenvalue weighted by Gasteiger charge is 2.23. The molecule has 4 rings (SSSR count). The molecule has 33 heavy (non-hydrogen) atoms. The summed E-state index contributed by atoms with van der Waals surface area (Å²) < 4.78 is 7.51. The number of amides is 1. The molecule has 0 aliphatic carbocycles. The molecule has 170 valence electrons. The zero-order valence-corrected chi connectivity index (χ0v) is 19.9. The zero-order valence-electron chi connectivity index (χ0n) is 19.9. The fourth-order valence-corrected chi connectivity index (χ4v) is 3.92. The number of benzene rings is 3. The number of nitrogens with zero attached hydrogens (tertiary/aromatic N) is 2. The standard InChI is InChI=1S/C28H31N3O2/c1-6-33-23-17-15-22(16-18-23)29-27(32)19(2)31-25-10-8-7-9-24(25)30-26(31)20-11-13-21(14-12-20)28(3,4)5/h7-19H,6H2,1-5H3,(H,29,32). The molecule has 1 atom stereocenters. The number of fused-ring (bicyclic) bond motifs is 1. The number of imidazole rings is 1. The van der Waals surface area contributed by atoms with Crippen molar-refractivity contribution in [3.8, 4) is 17.1 Å². The van der Waals surface area contributed by atoms with Crippen LogP contribution >= 0.6 is 0 Å². The Bertz CT molecular complexity index is 1250. The van der Waals surface area contributed by atoms with Crippen molar-refractivity contribution in [3.05, 3.63) is 78.4 Å². The van der Waals surface area contributed by atoms with Crippen LogP contribution in [0.1, 0.15) is 46.2 Å². The molecule has 0 spiro atoms. The average Bonchev–Trinajstić information content (AvgIpc) is 3.19. The van der Waals surface area contributed by atoms with E-state index in [4.69, 9.17) is 9.72 Å². The second kappa shape index (κ2) is 9.10. The van der Waals surface area contributed by atoms with E-state index in [0.29, 0.717) is 6.61 Å². The molecule has 1 aromatic heterocycles. The third kappa shape index (κ3) is 4.77. The van der Waals surface area contributed by atoms with Crippen LogP contribution < -0.4 is 10.1 Å². The Hall–Kier alpha value is -3.60. The molecule has 1 amide bonds. The summed E-state index contributed by atoms with van der Waals surface area (Å²) in [5.41, 5.74) is 4.85. The van der Waals surface area contributed by atoms with Gasteiger partial charge in [0, 0.05) is 11.3 Å². The van der Waals surface area contributed by atoms with Gasteiger partial charge in [-0.25, -0.2) is 4.98 Å². The minimum Gasteiger partial charge on any atom is -0.494 e. The number of ether oxygens (including phenoxy) is 1. The highest BCUT2D eigenvalue weighted by Crippen LogP contribution is 2.31. The van der Waals surface area contributed by atoms with Crippen molar-refractivity contribution in [2.24, 2.45) is 0 Å². The Morgan fingerprint density at radius 2 is 1.67 bits per heavy atom. The molecule has 1 unspecified atom stereocenters. The van der Waals surface area contributed by atoms with Crippen LogP contribution in [0.5, 0.6) is 5.75 Å². The van der Waals surface area contributed by atoms with Gasteiger partial charge >= 0.3 is 0 Å². The molecule has 5 nitrogen and oxygen atoms in total. The van der Waals surface area contributed by atoms with Crippen molar-refractivity contribution in [1.29, 1.82) is 0 Å². The summed E-state index contributed by atoms with van der Waals surface area (Å²) in [6.45, 7) is 11.1. The van der Waals surface area contributed by atoms with Gasteiger partial charge in [-0.2, -0.15) is 0 Å². The predicted octanol–water partition coefficient (Wildman–Crippen LogP) is 6.60. The average molecular weight is 442 g/mol. The first-order valence-electron chi connectivity index (χ1n) is 11.4. The first kappa shape index (κ1) is 22.6. The lowest BCUT2D eigenvalue weighted by molar-refractivity contribution is -0.118. The van der Waals surface area contributed by atoms with E-state index in [9.17, 15) is 4.79 Å². The fraction of sp³-hybridized carbons (Fsp3) is 0.286. The molecule has 0 bridgehead atoms. The molecule has 0 saturated heterocycles. The molecule has 5 heteroatoms. The maximum Gasteiger partial charge on any atom is 0.247 e. The Kier molecular flexibility index (Phi) is 6.23. The number of carbonyl (C=O) groups excluding carboxylic acids is 1. The summed E-state index contributed by atoms with van der Waals surface area (Å²) in [4.78, 5) is 18.1. The van der Waals surface area contributed by atoms with Crippen molar-refractivity contribution in [2.75, 3.05) is 11.9 Å². The number of carbonyl (C=O) groups is 1. The highest BCUT2D eigenvalue weighted by atomic mass is 16.5. The maximum absolute atomic E-state index is 13.2. The van der Waals surface area contributed by atoms with Gasteiger partial charge in [0.05, 0.1) is 17.6 Å². The van der Waals surface area contributed by atoms with Crippen LogP contribution in [-0.4, -0.2) is 22.1 Å². The van der Waals surface area contributed by atoms with Crippen LogP contribution in [0.3, 0.4) is 0 Å². The number of anilines is 1. The van der Waals surface area contributed by atoms with Crippen molar-refractivity contribution in [3.63, 3.8) is 0 Å². The van der Waals surface area contributed by atoms with E-state index in [-0.39, 0.29) is 11.3 Å². The number of para-hydroxylation sites is 2. The second-order valence-electron chi connectivity index (χ2n) is 9.24. The lowest BCUT2D eigenvalue weighted by Crippen LogP contribution is -2.24. The van der Waals surface area contributed by atoms with Gasteiger partial charge in [0.25, 0.3) is 0 Å². The van der Waals surface area contributed by atoms with Crippen LogP contribution in [0, 0.1) is 0 Å². The van der Waals surface area contributed by atoms with Crippen LogP contribution in [0.15, 0.2) is 72.8 Å². The second-order valence-corrected chi connectivity index (χ2v) is 9.24. The van der Waals surface area contributed by atoms with Crippen LogP contribution in [0.25, 0.3) is 22.4 Å². The lowest BCUT2D eigenvalue weighted by Gasteiger charge is -2.20. The monoisotopic (exact) mass is 441 g/mol. The minimum atomic E-state index is -0.457. The maximum atomic E-state index is 13.2. The van der Waals surface area contributed by atoms with Crippen molar-refractivity contribution >= 4 is 22.6 Å². The molecular weight excluding hydrogens is 410 g/mol. The molecule has 1 heterocycles. The molecule has 4 aromatic rings. The van der Waals surface area contributed by atoms with E-state index in [1.807, 2.05) is 66.9 Å². The van der Waals surface area contributed by atoms with Gasteiger partial charge in [0.1, 0.15) is 17.6 Å². The first-order valence-corrected chi connectivity index (χ1v) is 11.4. The summed E-state index contributed by atoms with van der Waals surface area (Å²) >= 11 is 0. The summed E-state index contributed by atoms with van der Waals surface area (Å²) in [7, 11) is 0. The Morgan fingerprint density at radius 1 is 1.00 bits per heavy atom. The fourth-order valence-electron chi connectivity index (χ4n) is 3.92. The molecule has 3 aromatic carbocycles. The van der Waals surface area contributed by atoms with Gasteiger partial charge in [-0.1, -0.05) is 57.2 Å². The number of nitrogens with one attached hydrogen (secondary N) is 1. The number of rotatable bonds is 6. The van der Waals surface area contributed by atoms with Gasteiger partial charge in [0.2, 0.25) is 5.91 Å². The summed E-state index contributed by atoms with van der Waals surface area (Å²) in [5, 5.41) is 3.03. The van der Waals surface area contributed by atoms with E-state index in [1.54, 1.807) is 0 Å². The smallest absolute Gasteiger partial charge is 0.247 e. The minimum absolute atomic E-state index is 0.0730. The molecule has 0 radical (unpaired) electrons. The van der Waals surface area contributed by atoms with Crippen molar-refractivity contribution < 1.29 is 9.53 Å². The number of aromatic nitrogens is 2. The van der Waals surface area contributed by atoms with Gasteiger partial charge in [0.15, 0.2) is 0 Å². The lowest BCUT2D eigenvalue weighted by atomic mass is 9.86. The third-order valence-corrected chi connectivity index (χ3v) is 5.80. The quantitative estimate of drug-likeness (QED) is 0.367. The van der Waals surface area contributed by atoms with Crippen molar-refractivity contribution in [1.82, 2.24) is 9.55 Å². The Morgan fingerprint density at radius 3 is 2.30 bits per heavy atom. The molecule has 1 N–H and O–H groups in total. The number of hydrogen-bond donors (Lipinski definition) is 1. The SMILES string of the molecule is CCOc1ccc(NC(=O)C(C)n2c(-c3ccc(C(C)(C)C)cc3)nc3ccccc32)cc1. The van der Waals surface area contributed by atoms with Crippen LogP contribution in [-0.2, 0) is 10.2 Å². The first-order chi connectivity index (χ1) is 15.8. The predicted molar refractivity (Wildman–Crippen MR) is 135 cm³/mol. The van der Waals surface area contributed by atoms with E-state index in [2.05, 4.69) is 50.4 Å². The Balaban J connectivity index is 1.68. The molecule has 0 fully saturated rings. The van der Waals surface area contributed by atoms with Crippen LogP contribution in [0.2, 0.25) is 0 Å². The van der Waals surface area contributed by atoms with Gasteiger partial charge in [-0.15, -0.1) is 0 Å². The molecule has 0 saturated carbocycles. The molecule has 0 aliphatic heterocycles. The number of hydrogen-bond acceptors (Lipinski definition) is 3. The molecular formula is C28H31N3O2. The van der Waals surface area contributed by atoms with Crippen LogP contribution in [0.4, 0.5) is 5.69 Å². The topological polar surface area (TPSA) is 56.1 Å². The largest absolute Gasteiger partial charge is 0.494 e. The highest BCUT2D eigenvalue weighted by molar-refractivity contribution is 5.95. The van der Waals surface area contributed by atoms with Gasteiger partial charge in [-0.05, 0) is 61.2 Å². The Labute approximate surface area is 195 Å². The van der Waals surface area contributed by atoms with E-state index < -0.39 is 6.04 Å². The van der Waals surface area contributed by atoms with E-state index in [0.717, 1.165) is 33.9 Å². The van der Waals surface area contributed by atoms with E-state index >= 15 is 0 Å². The summed E-state index contributed by atoms with van der Waals surface area (Å²) in [5.74, 6) is 1.46. The van der Waals surface area contributed by atoms with Gasteiger partial charge in [-0.3, -0.25) is 4.79 Å². The third-order valence-electron chi connectivity index (χ3n) is 5.80. The van der Waals surface area contributed by atoms with Crippen molar-refractivity contribution in [2.45, 2.75) is 46.1 Å².